The average molecular weight is 487 g/mol. The maximum atomic E-state index is 14.7. The maximum Gasteiger partial charge on any atom is 0.319 e. The Morgan fingerprint density at radius 1 is 1.25 bits per heavy atom. The molecule has 0 spiro atoms. The molecule has 182 valence electrons. The minimum atomic E-state index is -0.710. The zero-order chi connectivity index (χ0) is 25.8. The van der Waals surface area contributed by atoms with Crippen molar-refractivity contribution in [3.8, 4) is 11.8 Å². The zero-order valence-corrected chi connectivity index (χ0v) is 19.4. The number of anilines is 3. The molecular formula is C24H22FN9O2. The third-order valence-corrected chi connectivity index (χ3v) is 5.30. The van der Waals surface area contributed by atoms with E-state index in [1.54, 1.807) is 38.1 Å². The van der Waals surface area contributed by atoms with Crippen LogP contribution in [0.4, 0.5) is 26.5 Å². The molecule has 1 atom stereocenters. The van der Waals surface area contributed by atoms with Crippen LogP contribution in [0.2, 0.25) is 0 Å². The van der Waals surface area contributed by atoms with E-state index in [4.69, 9.17) is 5.73 Å². The van der Waals surface area contributed by atoms with Crippen LogP contribution >= 0.6 is 0 Å². The molecule has 2 heterocycles. The molecule has 0 aliphatic rings. The molecule has 2 aromatic heterocycles. The first-order chi connectivity index (χ1) is 17.3. The summed E-state index contributed by atoms with van der Waals surface area (Å²) in [4.78, 5) is 38.1. The first-order valence-electron chi connectivity index (χ1n) is 11.0. The van der Waals surface area contributed by atoms with E-state index in [9.17, 15) is 19.2 Å². The SMILES string of the molecule is CCNC(=O)Nc1cccc(-n2c(C(C)Nc3ncnc(N)c3C#N)nc3cccc(F)c3c2=O)c1. The number of nitrogen functional groups attached to an aromatic ring is 1. The van der Waals surface area contributed by atoms with Gasteiger partial charge in [0.1, 0.15) is 46.6 Å². The highest BCUT2D eigenvalue weighted by molar-refractivity contribution is 5.89. The number of hydrogen-bond acceptors (Lipinski definition) is 8. The Kier molecular flexibility index (Phi) is 6.73. The number of fused-ring (bicyclic) bond motifs is 1. The average Bonchev–Trinajstić information content (AvgIpc) is 2.84. The summed E-state index contributed by atoms with van der Waals surface area (Å²) in [5, 5.41) is 17.7. The lowest BCUT2D eigenvalue weighted by Crippen LogP contribution is -2.29. The van der Waals surface area contributed by atoms with Gasteiger partial charge in [-0.05, 0) is 44.2 Å². The van der Waals surface area contributed by atoms with Crippen molar-refractivity contribution in [3.05, 3.63) is 76.4 Å². The smallest absolute Gasteiger partial charge is 0.319 e. The van der Waals surface area contributed by atoms with E-state index in [1.807, 2.05) is 6.07 Å². The van der Waals surface area contributed by atoms with Gasteiger partial charge in [-0.2, -0.15) is 5.26 Å². The Balaban J connectivity index is 1.88. The van der Waals surface area contributed by atoms with E-state index in [0.29, 0.717) is 17.9 Å². The van der Waals surface area contributed by atoms with Crippen LogP contribution in [0.25, 0.3) is 16.6 Å². The minimum absolute atomic E-state index is 0.00253. The monoisotopic (exact) mass is 487 g/mol. The topological polar surface area (TPSA) is 164 Å². The fourth-order valence-electron chi connectivity index (χ4n) is 3.69. The number of urea groups is 1. The molecule has 0 aliphatic heterocycles. The van der Waals surface area contributed by atoms with Gasteiger partial charge in [0.2, 0.25) is 0 Å². The molecule has 0 bridgehead atoms. The number of halogens is 1. The number of amides is 2. The highest BCUT2D eigenvalue weighted by Crippen LogP contribution is 2.25. The Labute approximate surface area is 204 Å². The summed E-state index contributed by atoms with van der Waals surface area (Å²) in [5.74, 6) is -0.339. The predicted molar refractivity (Wildman–Crippen MR) is 133 cm³/mol. The largest absolute Gasteiger partial charge is 0.382 e. The molecule has 5 N–H and O–H groups in total. The Bertz CT molecular complexity index is 1560. The van der Waals surface area contributed by atoms with E-state index in [-0.39, 0.29) is 33.9 Å². The fraction of sp³-hybridized carbons (Fsp3) is 0.167. The van der Waals surface area contributed by atoms with Gasteiger partial charge in [-0.25, -0.2) is 24.1 Å². The van der Waals surface area contributed by atoms with Crippen LogP contribution in [0.3, 0.4) is 0 Å². The molecule has 0 saturated carbocycles. The number of hydrogen-bond donors (Lipinski definition) is 4. The third kappa shape index (κ3) is 4.62. The number of nitrogens with two attached hydrogens (primary N) is 1. The van der Waals surface area contributed by atoms with Gasteiger partial charge in [-0.1, -0.05) is 12.1 Å². The maximum absolute atomic E-state index is 14.7. The number of nitrogens with zero attached hydrogens (tertiary/aromatic N) is 5. The Hall–Kier alpha value is -5.05. The summed E-state index contributed by atoms with van der Waals surface area (Å²) in [7, 11) is 0. The standard InChI is InChI=1S/C24H22FN9O2/c1-3-28-24(36)32-14-6-4-7-15(10-14)34-22(33-18-9-5-8-17(25)19(18)23(34)35)13(2)31-21-16(11-26)20(27)29-12-30-21/h4-10,12-13H,3H2,1-2H3,(H2,28,32,36)(H3,27,29,30,31). The highest BCUT2D eigenvalue weighted by Gasteiger charge is 2.22. The van der Waals surface area contributed by atoms with Gasteiger partial charge in [-0.15, -0.1) is 0 Å². The van der Waals surface area contributed by atoms with Crippen LogP contribution in [0.1, 0.15) is 31.3 Å². The van der Waals surface area contributed by atoms with E-state index in [2.05, 4.69) is 30.9 Å². The van der Waals surface area contributed by atoms with Crippen molar-refractivity contribution in [2.24, 2.45) is 0 Å². The van der Waals surface area contributed by atoms with Gasteiger partial charge in [0, 0.05) is 12.2 Å². The lowest BCUT2D eigenvalue weighted by molar-refractivity contribution is 0.252. The number of carbonyl (C=O) groups is 1. The molecule has 4 rings (SSSR count). The van der Waals surface area contributed by atoms with Crippen molar-refractivity contribution in [3.63, 3.8) is 0 Å². The summed E-state index contributed by atoms with van der Waals surface area (Å²) >= 11 is 0. The van der Waals surface area contributed by atoms with Gasteiger partial charge < -0.3 is 21.7 Å². The molecular weight excluding hydrogens is 465 g/mol. The number of rotatable bonds is 6. The van der Waals surface area contributed by atoms with Crippen LogP contribution in [0, 0.1) is 17.1 Å². The van der Waals surface area contributed by atoms with Crippen molar-refractivity contribution in [1.82, 2.24) is 24.8 Å². The van der Waals surface area contributed by atoms with E-state index in [1.165, 1.54) is 29.1 Å². The van der Waals surface area contributed by atoms with Crippen molar-refractivity contribution in [1.29, 1.82) is 5.26 Å². The lowest BCUT2D eigenvalue weighted by atomic mass is 10.1. The molecule has 2 aromatic carbocycles. The second kappa shape index (κ2) is 10.1. The minimum Gasteiger partial charge on any atom is -0.382 e. The fourth-order valence-corrected chi connectivity index (χ4v) is 3.69. The molecule has 0 aliphatic carbocycles. The number of nitriles is 1. The number of carbonyl (C=O) groups excluding carboxylic acids is 1. The molecule has 11 nitrogen and oxygen atoms in total. The number of aromatic nitrogens is 4. The molecule has 12 heteroatoms. The quantitative estimate of drug-likeness (QED) is 0.322. The summed E-state index contributed by atoms with van der Waals surface area (Å²) in [6.45, 7) is 3.93. The molecule has 0 saturated heterocycles. The first kappa shape index (κ1) is 24.1. The first-order valence-corrected chi connectivity index (χ1v) is 11.0. The summed E-state index contributed by atoms with van der Waals surface area (Å²) in [6, 6.07) is 11.6. The third-order valence-electron chi connectivity index (χ3n) is 5.30. The van der Waals surface area contributed by atoms with Gasteiger partial charge in [0.25, 0.3) is 5.56 Å². The van der Waals surface area contributed by atoms with Gasteiger partial charge in [-0.3, -0.25) is 9.36 Å². The van der Waals surface area contributed by atoms with Gasteiger partial charge in [0.05, 0.1) is 17.2 Å². The van der Waals surface area contributed by atoms with Crippen LogP contribution < -0.4 is 27.2 Å². The zero-order valence-electron chi connectivity index (χ0n) is 19.4. The molecule has 4 aromatic rings. The van der Waals surface area contributed by atoms with Crippen molar-refractivity contribution < 1.29 is 9.18 Å². The lowest BCUT2D eigenvalue weighted by Gasteiger charge is -2.21. The Morgan fingerprint density at radius 2 is 2.03 bits per heavy atom. The second-order valence-corrected chi connectivity index (χ2v) is 7.74. The van der Waals surface area contributed by atoms with Crippen LogP contribution in [0.5, 0.6) is 0 Å². The summed E-state index contributed by atoms with van der Waals surface area (Å²) < 4.78 is 16.0. The summed E-state index contributed by atoms with van der Waals surface area (Å²) in [6.07, 6.45) is 1.21. The highest BCUT2D eigenvalue weighted by atomic mass is 19.1. The molecule has 2 amide bonds. The van der Waals surface area contributed by atoms with E-state index in [0.717, 1.165) is 0 Å². The molecule has 0 fully saturated rings. The van der Waals surface area contributed by atoms with Crippen LogP contribution in [0.15, 0.2) is 53.6 Å². The van der Waals surface area contributed by atoms with Gasteiger partial charge in [0.15, 0.2) is 0 Å². The van der Waals surface area contributed by atoms with Crippen LogP contribution in [-0.2, 0) is 0 Å². The van der Waals surface area contributed by atoms with Crippen molar-refractivity contribution >= 4 is 34.3 Å². The van der Waals surface area contributed by atoms with E-state index < -0.39 is 23.4 Å². The van der Waals surface area contributed by atoms with Gasteiger partial charge >= 0.3 is 6.03 Å². The molecule has 36 heavy (non-hydrogen) atoms. The number of nitrogens with one attached hydrogen (secondary N) is 3. The molecule has 0 radical (unpaired) electrons. The molecule has 1 unspecified atom stereocenters. The summed E-state index contributed by atoms with van der Waals surface area (Å²) in [5.41, 5.74) is 6.12. The predicted octanol–water partition coefficient (Wildman–Crippen LogP) is 3.08. The Morgan fingerprint density at radius 3 is 2.78 bits per heavy atom. The normalized spacial score (nSPS) is 11.5. The number of benzene rings is 2. The van der Waals surface area contributed by atoms with Crippen molar-refractivity contribution in [2.75, 3.05) is 22.9 Å². The second-order valence-electron chi connectivity index (χ2n) is 7.74. The van der Waals surface area contributed by atoms with Crippen LogP contribution in [-0.4, -0.2) is 32.1 Å². The van der Waals surface area contributed by atoms with Crippen molar-refractivity contribution in [2.45, 2.75) is 19.9 Å². The van der Waals surface area contributed by atoms with E-state index >= 15 is 0 Å².